The second-order valence-corrected chi connectivity index (χ2v) is 7.52. The predicted octanol–water partition coefficient (Wildman–Crippen LogP) is 1.99. The number of rotatable bonds is 4. The lowest BCUT2D eigenvalue weighted by atomic mass is 10.2. The predicted molar refractivity (Wildman–Crippen MR) is 101 cm³/mol. The molecule has 2 heterocycles. The molecule has 1 amide bonds. The van der Waals surface area contributed by atoms with Crippen LogP contribution in [-0.4, -0.2) is 71.6 Å². The standard InChI is InChI=1S/C17H21N3O2S2/c1-23-14-4-2-13(3-5-14)12-15-16(22)18-17(24-15)20-8-6-19(7-9-20)10-11-21/h2-5,12,21H,6-11H2,1H3/b15-12+. The molecule has 1 N–H and O–H groups in total. The zero-order valence-electron chi connectivity index (χ0n) is 13.6. The number of aliphatic hydroxyl groups is 1. The van der Waals surface area contributed by atoms with Crippen LogP contribution in [0.3, 0.4) is 0 Å². The number of amidine groups is 1. The first-order valence-electron chi connectivity index (χ1n) is 7.94. The number of amides is 1. The number of hydrogen-bond acceptors (Lipinski definition) is 6. The fraction of sp³-hybridized carbons (Fsp3) is 0.412. The summed E-state index contributed by atoms with van der Waals surface area (Å²) in [6, 6.07) is 8.17. The maximum absolute atomic E-state index is 12.2. The number of carbonyl (C=O) groups excluding carboxylic acids is 1. The van der Waals surface area contributed by atoms with E-state index in [2.05, 4.69) is 26.9 Å². The number of thioether (sulfide) groups is 2. The van der Waals surface area contributed by atoms with Crippen LogP contribution in [0.25, 0.3) is 6.08 Å². The van der Waals surface area contributed by atoms with Gasteiger partial charge in [-0.3, -0.25) is 9.69 Å². The Bertz CT molecular complexity index is 650. The molecular weight excluding hydrogens is 342 g/mol. The highest BCUT2D eigenvalue weighted by molar-refractivity contribution is 8.18. The van der Waals surface area contributed by atoms with Crippen molar-refractivity contribution in [1.29, 1.82) is 0 Å². The number of piperazine rings is 1. The normalized spacial score (nSPS) is 20.8. The minimum Gasteiger partial charge on any atom is -0.395 e. The van der Waals surface area contributed by atoms with Gasteiger partial charge in [0.1, 0.15) is 0 Å². The molecule has 24 heavy (non-hydrogen) atoms. The molecule has 0 saturated carbocycles. The van der Waals surface area contributed by atoms with Crippen LogP contribution >= 0.6 is 23.5 Å². The van der Waals surface area contributed by atoms with E-state index in [1.54, 1.807) is 11.8 Å². The second-order valence-electron chi connectivity index (χ2n) is 5.64. The van der Waals surface area contributed by atoms with Gasteiger partial charge < -0.3 is 10.0 Å². The van der Waals surface area contributed by atoms with Crippen LogP contribution in [0.1, 0.15) is 5.56 Å². The fourth-order valence-electron chi connectivity index (χ4n) is 2.69. The Kier molecular flexibility index (Phi) is 5.99. The van der Waals surface area contributed by atoms with Crippen LogP contribution in [0.15, 0.2) is 39.1 Å². The van der Waals surface area contributed by atoms with Gasteiger partial charge in [0.25, 0.3) is 5.91 Å². The van der Waals surface area contributed by atoms with Gasteiger partial charge in [-0.15, -0.1) is 11.8 Å². The highest BCUT2D eigenvalue weighted by Crippen LogP contribution is 2.31. The summed E-state index contributed by atoms with van der Waals surface area (Å²) in [5.74, 6) is -0.151. The minimum absolute atomic E-state index is 0.151. The van der Waals surface area contributed by atoms with Crippen LogP contribution in [0.2, 0.25) is 0 Å². The van der Waals surface area contributed by atoms with Gasteiger partial charge in [0.2, 0.25) is 0 Å². The quantitative estimate of drug-likeness (QED) is 0.652. The molecule has 0 unspecified atom stereocenters. The number of carbonyl (C=O) groups is 1. The SMILES string of the molecule is CSc1ccc(/C=C2/SC(N3CCN(CCO)CC3)=NC2=O)cc1. The van der Waals surface area contributed by atoms with Crippen LogP contribution in [-0.2, 0) is 4.79 Å². The third-order valence-corrected chi connectivity index (χ3v) is 5.87. The number of nitrogens with zero attached hydrogens (tertiary/aromatic N) is 3. The van der Waals surface area contributed by atoms with Crippen molar-refractivity contribution in [2.45, 2.75) is 4.90 Å². The average molecular weight is 364 g/mol. The zero-order valence-corrected chi connectivity index (χ0v) is 15.3. The maximum atomic E-state index is 12.2. The Labute approximate surface area is 150 Å². The van der Waals surface area contributed by atoms with Crippen LogP contribution in [0.5, 0.6) is 0 Å². The third-order valence-electron chi connectivity index (χ3n) is 4.08. The summed E-state index contributed by atoms with van der Waals surface area (Å²) in [5.41, 5.74) is 1.02. The van der Waals surface area contributed by atoms with Gasteiger partial charge in [-0.2, -0.15) is 4.99 Å². The first-order chi connectivity index (χ1) is 11.7. The Morgan fingerprint density at radius 3 is 2.58 bits per heavy atom. The van der Waals surface area contributed by atoms with Crippen molar-refractivity contribution >= 4 is 40.7 Å². The molecule has 0 radical (unpaired) electrons. The molecule has 1 fully saturated rings. The lowest BCUT2D eigenvalue weighted by Gasteiger charge is -2.34. The summed E-state index contributed by atoms with van der Waals surface area (Å²) in [4.78, 5) is 22.7. The maximum Gasteiger partial charge on any atom is 0.286 e. The summed E-state index contributed by atoms with van der Waals surface area (Å²) < 4.78 is 0. The van der Waals surface area contributed by atoms with Crippen molar-refractivity contribution in [3.63, 3.8) is 0 Å². The topological polar surface area (TPSA) is 56.1 Å². The third kappa shape index (κ3) is 4.22. The van der Waals surface area contributed by atoms with Crippen molar-refractivity contribution in [3.8, 4) is 0 Å². The zero-order chi connectivity index (χ0) is 16.9. The van der Waals surface area contributed by atoms with Crippen molar-refractivity contribution in [2.75, 3.05) is 45.6 Å². The molecule has 3 rings (SSSR count). The number of hydrogen-bond donors (Lipinski definition) is 1. The van der Waals surface area contributed by atoms with Gasteiger partial charge in [-0.05, 0) is 41.8 Å². The molecule has 0 bridgehead atoms. The highest BCUT2D eigenvalue weighted by Gasteiger charge is 2.28. The molecule has 0 atom stereocenters. The van der Waals surface area contributed by atoms with Gasteiger partial charge in [0, 0.05) is 37.6 Å². The van der Waals surface area contributed by atoms with E-state index in [0.29, 0.717) is 11.4 Å². The first kappa shape index (κ1) is 17.5. The van der Waals surface area contributed by atoms with Gasteiger partial charge in [-0.25, -0.2) is 0 Å². The Balaban J connectivity index is 1.62. The first-order valence-corrected chi connectivity index (χ1v) is 9.98. The Morgan fingerprint density at radius 2 is 1.96 bits per heavy atom. The summed E-state index contributed by atoms with van der Waals surface area (Å²) in [5, 5.41) is 9.80. The number of aliphatic imine (C=N–C) groups is 1. The summed E-state index contributed by atoms with van der Waals surface area (Å²) in [7, 11) is 0. The average Bonchev–Trinajstić information content (AvgIpc) is 2.97. The molecule has 5 nitrogen and oxygen atoms in total. The lowest BCUT2D eigenvalue weighted by Crippen LogP contribution is -2.48. The van der Waals surface area contributed by atoms with Crippen molar-refractivity contribution in [1.82, 2.24) is 9.80 Å². The second kappa shape index (κ2) is 8.20. The van der Waals surface area contributed by atoms with E-state index >= 15 is 0 Å². The molecule has 2 aliphatic rings. The van der Waals surface area contributed by atoms with E-state index in [1.807, 2.05) is 24.5 Å². The number of β-amino-alcohol motifs (C(OH)–C–C–N with tert-alkyl or cyclic N) is 1. The van der Waals surface area contributed by atoms with Gasteiger partial charge in [-0.1, -0.05) is 12.1 Å². The minimum atomic E-state index is -0.151. The van der Waals surface area contributed by atoms with Gasteiger partial charge >= 0.3 is 0 Å². The Hall–Kier alpha value is -1.28. The summed E-state index contributed by atoms with van der Waals surface area (Å²) >= 11 is 3.16. The molecule has 7 heteroatoms. The number of benzene rings is 1. The fourth-order valence-corrected chi connectivity index (χ4v) is 4.06. The van der Waals surface area contributed by atoms with Crippen molar-refractivity contribution in [2.24, 2.45) is 4.99 Å². The largest absolute Gasteiger partial charge is 0.395 e. The van der Waals surface area contributed by atoms with E-state index in [0.717, 1.165) is 36.9 Å². The molecule has 0 aromatic heterocycles. The highest BCUT2D eigenvalue weighted by atomic mass is 32.2. The molecule has 128 valence electrons. The van der Waals surface area contributed by atoms with Crippen LogP contribution in [0, 0.1) is 0 Å². The molecule has 0 aliphatic carbocycles. The molecule has 1 saturated heterocycles. The van der Waals surface area contributed by atoms with E-state index in [1.165, 1.54) is 16.7 Å². The molecule has 2 aliphatic heterocycles. The molecule has 0 spiro atoms. The van der Waals surface area contributed by atoms with E-state index < -0.39 is 0 Å². The molecule has 1 aromatic rings. The Morgan fingerprint density at radius 1 is 1.25 bits per heavy atom. The molecular formula is C17H21N3O2S2. The summed E-state index contributed by atoms with van der Waals surface area (Å²) in [6.07, 6.45) is 3.96. The van der Waals surface area contributed by atoms with E-state index in [9.17, 15) is 4.79 Å². The number of aliphatic hydroxyl groups excluding tert-OH is 1. The lowest BCUT2D eigenvalue weighted by molar-refractivity contribution is -0.113. The van der Waals surface area contributed by atoms with Crippen LogP contribution < -0.4 is 0 Å². The smallest absolute Gasteiger partial charge is 0.286 e. The monoisotopic (exact) mass is 363 g/mol. The van der Waals surface area contributed by atoms with Crippen molar-refractivity contribution in [3.05, 3.63) is 34.7 Å². The van der Waals surface area contributed by atoms with E-state index in [-0.39, 0.29) is 12.5 Å². The van der Waals surface area contributed by atoms with E-state index in [4.69, 9.17) is 5.11 Å². The van der Waals surface area contributed by atoms with Crippen LogP contribution in [0.4, 0.5) is 0 Å². The van der Waals surface area contributed by atoms with Gasteiger partial charge in [0.15, 0.2) is 5.17 Å². The van der Waals surface area contributed by atoms with Crippen molar-refractivity contribution < 1.29 is 9.90 Å². The molecule has 1 aromatic carbocycles. The van der Waals surface area contributed by atoms with Gasteiger partial charge in [0.05, 0.1) is 11.5 Å². The summed E-state index contributed by atoms with van der Waals surface area (Å²) in [6.45, 7) is 4.37.